The minimum absolute atomic E-state index is 0.191. The average Bonchev–Trinajstić information content (AvgIpc) is 3.23. The number of hydrogen-bond donors (Lipinski definition) is 0. The van der Waals surface area contributed by atoms with Gasteiger partial charge in [-0.25, -0.2) is 0 Å². The molecule has 0 radical (unpaired) electrons. The fourth-order valence-corrected chi connectivity index (χ4v) is 3.02. The van der Waals surface area contributed by atoms with Crippen molar-refractivity contribution in [1.82, 2.24) is 0 Å². The largest absolute Gasteiger partial charge is 0.489 e. The van der Waals surface area contributed by atoms with Crippen molar-refractivity contribution in [2.45, 2.75) is 6.61 Å². The van der Waals surface area contributed by atoms with Crippen LogP contribution >= 0.6 is 23.2 Å². The van der Waals surface area contributed by atoms with Gasteiger partial charge in [0.15, 0.2) is 5.76 Å². The van der Waals surface area contributed by atoms with E-state index in [1.165, 1.54) is 6.26 Å². The molecule has 0 aliphatic carbocycles. The summed E-state index contributed by atoms with van der Waals surface area (Å²) in [5.74, 6) is 1.60. The number of ether oxygens (including phenoxy) is 2. The summed E-state index contributed by atoms with van der Waals surface area (Å²) in [7, 11) is 0. The Hall–Kier alpha value is -2.69. The van der Waals surface area contributed by atoms with Crippen LogP contribution in [0.2, 0.25) is 10.0 Å². The van der Waals surface area contributed by atoms with Gasteiger partial charge in [-0.1, -0.05) is 29.3 Å². The van der Waals surface area contributed by atoms with Gasteiger partial charge in [0.25, 0.3) is 0 Å². The van der Waals surface area contributed by atoms with Crippen LogP contribution in [-0.2, 0) is 6.61 Å². The second kappa shape index (κ2) is 6.90. The van der Waals surface area contributed by atoms with E-state index in [1.54, 1.807) is 48.5 Å². The van der Waals surface area contributed by atoms with E-state index in [2.05, 4.69) is 0 Å². The van der Waals surface area contributed by atoms with E-state index in [0.717, 1.165) is 5.56 Å². The van der Waals surface area contributed by atoms with Crippen molar-refractivity contribution in [3.05, 3.63) is 87.5 Å². The Balaban J connectivity index is 1.51. The second-order valence-corrected chi connectivity index (χ2v) is 6.48. The number of carbonyl (C=O) groups excluding carboxylic acids is 1. The Morgan fingerprint density at radius 1 is 1.08 bits per heavy atom. The summed E-state index contributed by atoms with van der Waals surface area (Å²) in [5.41, 5.74) is 1.30. The van der Waals surface area contributed by atoms with Crippen molar-refractivity contribution in [3.63, 3.8) is 0 Å². The van der Waals surface area contributed by atoms with Crippen molar-refractivity contribution in [3.8, 4) is 11.5 Å². The van der Waals surface area contributed by atoms with Crippen molar-refractivity contribution in [2.24, 2.45) is 0 Å². The number of carbonyl (C=O) groups is 1. The highest BCUT2D eigenvalue weighted by Crippen LogP contribution is 2.35. The summed E-state index contributed by atoms with van der Waals surface area (Å²) in [4.78, 5) is 12.4. The standard InChI is InChI=1S/C20H12Cl2O4/c21-13-4-3-12(17(22)8-13)11-25-15-5-6-16-18(9-15)26-19(20(16)23)10-14-2-1-7-24-14/h1-10H,11H2. The Morgan fingerprint density at radius 2 is 1.96 bits per heavy atom. The van der Waals surface area contributed by atoms with Gasteiger partial charge in [0, 0.05) is 27.8 Å². The number of ketones is 1. The number of furan rings is 1. The molecule has 0 saturated carbocycles. The minimum atomic E-state index is -0.191. The predicted octanol–water partition coefficient (Wildman–Crippen LogP) is 5.78. The molecule has 130 valence electrons. The average molecular weight is 387 g/mol. The molecule has 2 aromatic carbocycles. The summed E-state index contributed by atoms with van der Waals surface area (Å²) in [6.45, 7) is 0.276. The lowest BCUT2D eigenvalue weighted by atomic mass is 10.1. The lowest BCUT2D eigenvalue weighted by Gasteiger charge is -2.09. The Kier molecular flexibility index (Phi) is 4.45. The maximum absolute atomic E-state index is 12.4. The van der Waals surface area contributed by atoms with Gasteiger partial charge in [-0.2, -0.15) is 0 Å². The molecule has 4 rings (SSSR count). The van der Waals surface area contributed by atoms with Crippen LogP contribution in [0.25, 0.3) is 6.08 Å². The third-order valence-corrected chi connectivity index (χ3v) is 4.45. The van der Waals surface area contributed by atoms with Gasteiger partial charge in [0.1, 0.15) is 23.9 Å². The molecule has 0 bridgehead atoms. The molecule has 3 aromatic rings. The van der Waals surface area contributed by atoms with Crippen LogP contribution in [0.15, 0.2) is 65.0 Å². The van der Waals surface area contributed by atoms with E-state index in [9.17, 15) is 4.79 Å². The van der Waals surface area contributed by atoms with Crippen LogP contribution in [0.5, 0.6) is 11.5 Å². The monoisotopic (exact) mass is 386 g/mol. The number of fused-ring (bicyclic) bond motifs is 1. The fraction of sp³-hybridized carbons (Fsp3) is 0.0500. The van der Waals surface area contributed by atoms with Crippen molar-refractivity contribution in [2.75, 3.05) is 0 Å². The van der Waals surface area contributed by atoms with Crippen LogP contribution in [-0.4, -0.2) is 5.78 Å². The first-order valence-electron chi connectivity index (χ1n) is 7.79. The third kappa shape index (κ3) is 3.34. The van der Waals surface area contributed by atoms with Gasteiger partial charge in [-0.15, -0.1) is 0 Å². The summed E-state index contributed by atoms with van der Waals surface area (Å²) in [6, 6.07) is 13.8. The molecule has 1 aliphatic heterocycles. The molecule has 0 fully saturated rings. The zero-order valence-electron chi connectivity index (χ0n) is 13.4. The molecule has 0 amide bonds. The number of halogens is 2. The van der Waals surface area contributed by atoms with Gasteiger partial charge < -0.3 is 13.9 Å². The SMILES string of the molecule is O=C1C(=Cc2ccco2)Oc2cc(OCc3ccc(Cl)cc3Cl)ccc21. The van der Waals surface area contributed by atoms with Gasteiger partial charge >= 0.3 is 0 Å². The highest BCUT2D eigenvalue weighted by Gasteiger charge is 2.28. The topological polar surface area (TPSA) is 48.7 Å². The minimum Gasteiger partial charge on any atom is -0.489 e. The van der Waals surface area contributed by atoms with Crippen molar-refractivity contribution in [1.29, 1.82) is 0 Å². The highest BCUT2D eigenvalue weighted by molar-refractivity contribution is 6.35. The maximum Gasteiger partial charge on any atom is 0.232 e. The number of Topliss-reactive ketones (excluding diaryl/α,β-unsaturated/α-hetero) is 1. The fourth-order valence-electron chi connectivity index (χ4n) is 2.56. The normalized spacial score (nSPS) is 14.4. The predicted molar refractivity (Wildman–Crippen MR) is 98.9 cm³/mol. The molecule has 0 N–H and O–H groups in total. The highest BCUT2D eigenvalue weighted by atomic mass is 35.5. The molecule has 2 heterocycles. The molecular formula is C20H12Cl2O4. The first-order valence-corrected chi connectivity index (χ1v) is 8.54. The van der Waals surface area contributed by atoms with E-state index < -0.39 is 0 Å². The lowest BCUT2D eigenvalue weighted by Crippen LogP contribution is -1.97. The molecule has 1 aliphatic rings. The molecule has 0 saturated heterocycles. The van der Waals surface area contributed by atoms with E-state index in [1.807, 2.05) is 6.07 Å². The number of hydrogen-bond acceptors (Lipinski definition) is 4. The van der Waals surface area contributed by atoms with Crippen LogP contribution < -0.4 is 9.47 Å². The van der Waals surface area contributed by atoms with E-state index in [4.69, 9.17) is 37.1 Å². The van der Waals surface area contributed by atoms with Gasteiger partial charge in [-0.3, -0.25) is 4.79 Å². The number of benzene rings is 2. The quantitative estimate of drug-likeness (QED) is 0.533. The summed E-state index contributed by atoms with van der Waals surface area (Å²) in [5, 5.41) is 1.10. The third-order valence-electron chi connectivity index (χ3n) is 3.87. The molecule has 0 atom stereocenters. The van der Waals surface area contributed by atoms with E-state index in [0.29, 0.717) is 32.9 Å². The van der Waals surface area contributed by atoms with Gasteiger partial charge in [0.2, 0.25) is 5.78 Å². The van der Waals surface area contributed by atoms with Crippen LogP contribution in [0.1, 0.15) is 21.7 Å². The molecule has 6 heteroatoms. The van der Waals surface area contributed by atoms with E-state index in [-0.39, 0.29) is 18.1 Å². The maximum atomic E-state index is 12.4. The summed E-state index contributed by atoms with van der Waals surface area (Å²) in [6.07, 6.45) is 3.10. The lowest BCUT2D eigenvalue weighted by molar-refractivity contribution is 0.101. The first kappa shape index (κ1) is 16.8. The molecular weight excluding hydrogens is 375 g/mol. The van der Waals surface area contributed by atoms with Crippen LogP contribution in [0.3, 0.4) is 0 Å². The zero-order valence-corrected chi connectivity index (χ0v) is 14.9. The van der Waals surface area contributed by atoms with Gasteiger partial charge in [-0.05, 0) is 36.4 Å². The van der Waals surface area contributed by atoms with Crippen molar-refractivity contribution < 1.29 is 18.7 Å². The summed E-state index contributed by atoms with van der Waals surface area (Å²) < 4.78 is 16.6. The molecule has 4 nitrogen and oxygen atoms in total. The molecule has 1 aromatic heterocycles. The Morgan fingerprint density at radius 3 is 2.73 bits per heavy atom. The molecule has 0 spiro atoms. The van der Waals surface area contributed by atoms with Gasteiger partial charge in [0.05, 0.1) is 11.8 Å². The van der Waals surface area contributed by atoms with Crippen molar-refractivity contribution >= 4 is 35.1 Å². The summed E-state index contributed by atoms with van der Waals surface area (Å²) >= 11 is 12.0. The Labute approximate surface area is 159 Å². The number of rotatable bonds is 4. The zero-order chi connectivity index (χ0) is 18.1. The molecule has 26 heavy (non-hydrogen) atoms. The number of allylic oxidation sites excluding steroid dienone is 1. The van der Waals surface area contributed by atoms with Crippen LogP contribution in [0.4, 0.5) is 0 Å². The molecule has 0 unspecified atom stereocenters. The van der Waals surface area contributed by atoms with Crippen LogP contribution in [0, 0.1) is 0 Å². The smallest absolute Gasteiger partial charge is 0.232 e. The first-order chi connectivity index (χ1) is 12.6. The Bertz CT molecular complexity index is 1010. The second-order valence-electron chi connectivity index (χ2n) is 5.64. The van der Waals surface area contributed by atoms with E-state index >= 15 is 0 Å².